The van der Waals surface area contributed by atoms with Gasteiger partial charge in [0.1, 0.15) is 11.5 Å². The van der Waals surface area contributed by atoms with Gasteiger partial charge in [0.2, 0.25) is 0 Å². The molecule has 2 heterocycles. The molecule has 0 aliphatic carbocycles. The van der Waals surface area contributed by atoms with Crippen molar-refractivity contribution in [2.45, 2.75) is 26.3 Å². The van der Waals surface area contributed by atoms with Crippen LogP contribution < -0.4 is 5.73 Å². The molecule has 0 saturated carbocycles. The lowest BCUT2D eigenvalue weighted by molar-refractivity contribution is 0.0525. The molecule has 0 bridgehead atoms. The van der Waals surface area contributed by atoms with E-state index in [1.807, 2.05) is 4.90 Å². The number of hydrogen-bond acceptors (Lipinski definition) is 3. The molecule has 0 radical (unpaired) electrons. The van der Waals surface area contributed by atoms with Gasteiger partial charge in [-0.3, -0.25) is 9.36 Å². The Morgan fingerprint density at radius 2 is 2.04 bits per heavy atom. The normalized spacial score (nSPS) is 20.5. The number of hydrogen-bond donors (Lipinski definition) is 1. The van der Waals surface area contributed by atoms with Crippen molar-refractivity contribution in [2.75, 3.05) is 13.1 Å². The Bertz CT molecular complexity index is 708. The van der Waals surface area contributed by atoms with E-state index in [-0.39, 0.29) is 23.2 Å². The molecule has 1 amide bonds. The van der Waals surface area contributed by atoms with Crippen molar-refractivity contribution < 1.29 is 9.18 Å². The third kappa shape index (κ3) is 2.99. The van der Waals surface area contributed by atoms with Crippen LogP contribution in [0.2, 0.25) is 0 Å². The number of aromatic nitrogens is 2. The van der Waals surface area contributed by atoms with Gasteiger partial charge in [-0.15, -0.1) is 0 Å². The van der Waals surface area contributed by atoms with Crippen LogP contribution in [0, 0.1) is 11.2 Å². The average molecular weight is 316 g/mol. The molecule has 122 valence electrons. The van der Waals surface area contributed by atoms with Gasteiger partial charge in [0.05, 0.1) is 12.5 Å². The standard InChI is InChI=1S/C17H21FN4O/c1-17(2)10-21(8-7-15(17)19)16(23)14-9-20-11-22(14)13-5-3-12(18)4-6-13/h3-6,9,11,15H,7-8,10,19H2,1-2H3. The maximum atomic E-state index is 13.1. The largest absolute Gasteiger partial charge is 0.337 e. The Hall–Kier alpha value is -2.21. The monoisotopic (exact) mass is 316 g/mol. The van der Waals surface area contributed by atoms with Crippen LogP contribution in [0.15, 0.2) is 36.8 Å². The predicted molar refractivity (Wildman–Crippen MR) is 85.8 cm³/mol. The van der Waals surface area contributed by atoms with Gasteiger partial charge in [-0.1, -0.05) is 13.8 Å². The highest BCUT2D eigenvalue weighted by atomic mass is 19.1. The van der Waals surface area contributed by atoms with E-state index >= 15 is 0 Å². The van der Waals surface area contributed by atoms with Gasteiger partial charge in [0.25, 0.3) is 5.91 Å². The van der Waals surface area contributed by atoms with Gasteiger partial charge in [-0.25, -0.2) is 9.37 Å². The molecule has 2 aromatic rings. The van der Waals surface area contributed by atoms with Gasteiger partial charge in [0.15, 0.2) is 0 Å². The number of benzene rings is 1. The van der Waals surface area contributed by atoms with E-state index in [4.69, 9.17) is 5.73 Å². The molecule has 1 aromatic carbocycles. The molecule has 2 N–H and O–H groups in total. The summed E-state index contributed by atoms with van der Waals surface area (Å²) in [4.78, 5) is 18.8. The second-order valence-corrected chi connectivity index (χ2v) is 6.74. The van der Waals surface area contributed by atoms with E-state index in [0.717, 1.165) is 6.42 Å². The highest BCUT2D eigenvalue weighted by Gasteiger charge is 2.36. The summed E-state index contributed by atoms with van der Waals surface area (Å²) >= 11 is 0. The zero-order chi connectivity index (χ0) is 16.6. The summed E-state index contributed by atoms with van der Waals surface area (Å²) < 4.78 is 14.8. The quantitative estimate of drug-likeness (QED) is 0.924. The van der Waals surface area contributed by atoms with Gasteiger partial charge >= 0.3 is 0 Å². The third-order valence-corrected chi connectivity index (χ3v) is 4.56. The molecule has 1 saturated heterocycles. The molecular weight excluding hydrogens is 295 g/mol. The smallest absolute Gasteiger partial charge is 0.272 e. The van der Waals surface area contributed by atoms with Crippen LogP contribution in [-0.4, -0.2) is 39.5 Å². The number of rotatable bonds is 2. The first-order valence-corrected chi connectivity index (χ1v) is 7.71. The summed E-state index contributed by atoms with van der Waals surface area (Å²) in [5.74, 6) is -0.389. The van der Waals surface area contributed by atoms with Crippen LogP contribution in [0.25, 0.3) is 5.69 Å². The highest BCUT2D eigenvalue weighted by molar-refractivity contribution is 5.93. The molecule has 1 atom stereocenters. The molecule has 1 aromatic heterocycles. The van der Waals surface area contributed by atoms with E-state index in [1.165, 1.54) is 12.1 Å². The molecule has 0 spiro atoms. The molecule has 1 unspecified atom stereocenters. The van der Waals surface area contributed by atoms with Crippen molar-refractivity contribution in [2.24, 2.45) is 11.1 Å². The minimum atomic E-state index is -0.312. The van der Waals surface area contributed by atoms with Gasteiger partial charge in [-0.05, 0) is 36.1 Å². The lowest BCUT2D eigenvalue weighted by Gasteiger charge is -2.42. The number of nitrogens with zero attached hydrogens (tertiary/aromatic N) is 3. The van der Waals surface area contributed by atoms with E-state index < -0.39 is 0 Å². The Labute approximate surface area is 134 Å². The van der Waals surface area contributed by atoms with Crippen LogP contribution in [-0.2, 0) is 0 Å². The number of nitrogens with two attached hydrogens (primary N) is 1. The van der Waals surface area contributed by atoms with Crippen LogP contribution in [0.5, 0.6) is 0 Å². The topological polar surface area (TPSA) is 64.2 Å². The fourth-order valence-corrected chi connectivity index (χ4v) is 2.97. The summed E-state index contributed by atoms with van der Waals surface area (Å²) in [6.45, 7) is 5.41. The number of halogens is 1. The number of imidazole rings is 1. The Morgan fingerprint density at radius 1 is 1.35 bits per heavy atom. The second kappa shape index (κ2) is 5.77. The fraction of sp³-hybridized carbons (Fsp3) is 0.412. The summed E-state index contributed by atoms with van der Waals surface area (Å²) in [5.41, 5.74) is 7.20. The maximum absolute atomic E-state index is 13.1. The van der Waals surface area contributed by atoms with E-state index in [1.54, 1.807) is 29.2 Å². The van der Waals surface area contributed by atoms with Gasteiger partial charge in [0, 0.05) is 24.8 Å². The molecule has 3 rings (SSSR count). The molecule has 1 aliphatic rings. The summed E-state index contributed by atoms with van der Waals surface area (Å²) in [6.07, 6.45) is 3.90. The zero-order valence-corrected chi connectivity index (χ0v) is 13.4. The molecule has 5 nitrogen and oxygen atoms in total. The first kappa shape index (κ1) is 15.7. The lowest BCUT2D eigenvalue weighted by Crippen LogP contribution is -2.54. The van der Waals surface area contributed by atoms with Crippen molar-refractivity contribution >= 4 is 5.91 Å². The van der Waals surface area contributed by atoms with Crippen molar-refractivity contribution in [1.29, 1.82) is 0 Å². The molecule has 1 fully saturated rings. The zero-order valence-electron chi connectivity index (χ0n) is 13.4. The number of amides is 1. The number of carbonyl (C=O) groups is 1. The fourth-order valence-electron chi connectivity index (χ4n) is 2.97. The van der Waals surface area contributed by atoms with E-state index in [2.05, 4.69) is 18.8 Å². The Morgan fingerprint density at radius 3 is 2.70 bits per heavy atom. The number of piperidine rings is 1. The molecular formula is C17H21FN4O. The molecule has 23 heavy (non-hydrogen) atoms. The summed E-state index contributed by atoms with van der Waals surface area (Å²) in [7, 11) is 0. The van der Waals surface area contributed by atoms with Crippen LogP contribution in [0.1, 0.15) is 30.8 Å². The minimum absolute atomic E-state index is 0.0770. The predicted octanol–water partition coefficient (Wildman–Crippen LogP) is 2.21. The summed E-state index contributed by atoms with van der Waals surface area (Å²) in [5, 5.41) is 0. The third-order valence-electron chi connectivity index (χ3n) is 4.56. The first-order valence-electron chi connectivity index (χ1n) is 7.71. The molecule has 6 heteroatoms. The number of carbonyl (C=O) groups excluding carboxylic acids is 1. The highest BCUT2D eigenvalue weighted by Crippen LogP contribution is 2.28. The van der Waals surface area contributed by atoms with Crippen molar-refractivity contribution in [1.82, 2.24) is 14.5 Å². The minimum Gasteiger partial charge on any atom is -0.337 e. The average Bonchev–Trinajstić information content (AvgIpc) is 2.99. The lowest BCUT2D eigenvalue weighted by atomic mass is 9.79. The van der Waals surface area contributed by atoms with Crippen molar-refractivity contribution in [3.05, 3.63) is 48.3 Å². The van der Waals surface area contributed by atoms with Crippen molar-refractivity contribution in [3.63, 3.8) is 0 Å². The summed E-state index contributed by atoms with van der Waals surface area (Å²) in [6, 6.07) is 6.08. The maximum Gasteiger partial charge on any atom is 0.272 e. The number of likely N-dealkylation sites (tertiary alicyclic amines) is 1. The SMILES string of the molecule is CC1(C)CN(C(=O)c2cncn2-c2ccc(F)cc2)CCC1N. The van der Waals surface area contributed by atoms with E-state index in [0.29, 0.717) is 24.5 Å². The second-order valence-electron chi connectivity index (χ2n) is 6.74. The first-order chi connectivity index (χ1) is 10.9. The Balaban J connectivity index is 1.87. The van der Waals surface area contributed by atoms with Gasteiger partial charge < -0.3 is 10.6 Å². The Kier molecular flexibility index (Phi) is 3.93. The van der Waals surface area contributed by atoms with Crippen LogP contribution in [0.3, 0.4) is 0 Å². The van der Waals surface area contributed by atoms with Crippen LogP contribution in [0.4, 0.5) is 4.39 Å². The molecule has 1 aliphatic heterocycles. The van der Waals surface area contributed by atoms with Crippen molar-refractivity contribution in [3.8, 4) is 5.69 Å². The van der Waals surface area contributed by atoms with Crippen LogP contribution >= 0.6 is 0 Å². The van der Waals surface area contributed by atoms with Gasteiger partial charge in [-0.2, -0.15) is 0 Å². The van der Waals surface area contributed by atoms with E-state index in [9.17, 15) is 9.18 Å².